The van der Waals surface area contributed by atoms with Gasteiger partial charge in [0.25, 0.3) is 0 Å². The maximum atomic E-state index is 10.3. The van der Waals surface area contributed by atoms with Gasteiger partial charge in [0, 0.05) is 0 Å². The molecular weight excluding hydrogens is 190 g/mol. The van der Waals surface area contributed by atoms with Crippen molar-refractivity contribution in [1.82, 2.24) is 5.32 Å². The predicted octanol–water partition coefficient (Wildman–Crippen LogP) is 2.11. The van der Waals surface area contributed by atoms with E-state index in [0.717, 1.165) is 6.42 Å². The summed E-state index contributed by atoms with van der Waals surface area (Å²) in [6.07, 6.45) is 4.30. The van der Waals surface area contributed by atoms with Crippen LogP contribution in [0.4, 0.5) is 0 Å². The van der Waals surface area contributed by atoms with Gasteiger partial charge in [0.2, 0.25) is 6.41 Å². The van der Waals surface area contributed by atoms with Crippen LogP contribution in [0.5, 0.6) is 0 Å². The summed E-state index contributed by atoms with van der Waals surface area (Å²) in [6.45, 7) is 9.96. The molecule has 15 heavy (non-hydrogen) atoms. The molecule has 0 rings (SSSR count). The van der Waals surface area contributed by atoms with Gasteiger partial charge >= 0.3 is 0 Å². The number of rotatable bonds is 6. The molecule has 3 nitrogen and oxygen atoms in total. The normalized spacial score (nSPS) is 14.3. The minimum absolute atomic E-state index is 0.173. The summed E-state index contributed by atoms with van der Waals surface area (Å²) < 4.78 is 0. The molecule has 3 heteroatoms. The summed E-state index contributed by atoms with van der Waals surface area (Å²) in [5.74, 6) is 0.456. The van der Waals surface area contributed by atoms with Crippen molar-refractivity contribution in [3.63, 3.8) is 0 Å². The van der Waals surface area contributed by atoms with Gasteiger partial charge in [0.1, 0.15) is 0 Å². The summed E-state index contributed by atoms with van der Waals surface area (Å²) >= 11 is 0. The molecule has 2 unspecified atom stereocenters. The van der Waals surface area contributed by atoms with E-state index in [1.54, 1.807) is 12.2 Å². The number of hydrogen-bond acceptors (Lipinski definition) is 2. The fourth-order valence-corrected chi connectivity index (χ4v) is 1.23. The van der Waals surface area contributed by atoms with Crippen molar-refractivity contribution in [1.29, 1.82) is 0 Å². The van der Waals surface area contributed by atoms with Crippen molar-refractivity contribution >= 4 is 6.41 Å². The van der Waals surface area contributed by atoms with Gasteiger partial charge < -0.3 is 10.4 Å². The first-order chi connectivity index (χ1) is 7.11. The van der Waals surface area contributed by atoms with Crippen LogP contribution in [0.1, 0.15) is 41.0 Å². The molecule has 0 fully saturated rings. The Kier molecular flexibility index (Phi) is 12.4. The van der Waals surface area contributed by atoms with Gasteiger partial charge in [0.15, 0.2) is 0 Å². The lowest BCUT2D eigenvalue weighted by Gasteiger charge is -2.21. The maximum absolute atomic E-state index is 10.3. The van der Waals surface area contributed by atoms with E-state index in [1.807, 2.05) is 20.8 Å². The van der Waals surface area contributed by atoms with E-state index < -0.39 is 6.10 Å². The van der Waals surface area contributed by atoms with Crippen molar-refractivity contribution in [3.05, 3.63) is 12.2 Å². The Labute approximate surface area is 93.6 Å². The van der Waals surface area contributed by atoms with E-state index in [9.17, 15) is 9.90 Å². The Bertz CT molecular complexity index is 167. The number of nitrogens with one attached hydrogen (secondary N) is 1. The smallest absolute Gasteiger partial charge is 0.207 e. The molecule has 0 aliphatic rings. The van der Waals surface area contributed by atoms with Crippen molar-refractivity contribution in [2.45, 2.75) is 53.2 Å². The number of allylic oxidation sites excluding steroid dienone is 1. The second kappa shape index (κ2) is 11.2. The zero-order valence-corrected chi connectivity index (χ0v) is 10.5. The largest absolute Gasteiger partial charge is 0.387 e. The van der Waals surface area contributed by atoms with Crippen LogP contribution in [0.15, 0.2) is 12.2 Å². The standard InChI is InChI=1S/C10H19NO2.C2H6/c1-4-5-10(13)9(11-7-12)6-8(2)3;1-2/h4-5,7-10,13H,6H2,1-3H3,(H,11,12);1-2H3/b5-4+;. The summed E-state index contributed by atoms with van der Waals surface area (Å²) in [7, 11) is 0. The minimum Gasteiger partial charge on any atom is -0.387 e. The highest BCUT2D eigenvalue weighted by atomic mass is 16.3. The molecule has 0 bridgehead atoms. The van der Waals surface area contributed by atoms with Gasteiger partial charge in [-0.15, -0.1) is 0 Å². The SMILES string of the molecule is C/C=C/C(O)C(CC(C)C)NC=O.CC. The summed E-state index contributed by atoms with van der Waals surface area (Å²) in [5.41, 5.74) is 0. The van der Waals surface area contributed by atoms with Crippen LogP contribution in [0.2, 0.25) is 0 Å². The van der Waals surface area contributed by atoms with Crippen LogP contribution in [0, 0.1) is 5.92 Å². The molecule has 2 atom stereocenters. The molecule has 0 heterocycles. The highest BCUT2D eigenvalue weighted by Crippen LogP contribution is 2.08. The maximum Gasteiger partial charge on any atom is 0.207 e. The Morgan fingerprint density at radius 2 is 1.87 bits per heavy atom. The zero-order valence-electron chi connectivity index (χ0n) is 10.5. The molecule has 1 amide bonds. The second-order valence-electron chi connectivity index (χ2n) is 3.54. The number of carbonyl (C=O) groups excluding carboxylic acids is 1. The fourth-order valence-electron chi connectivity index (χ4n) is 1.23. The summed E-state index contributed by atoms with van der Waals surface area (Å²) in [5, 5.41) is 12.2. The molecule has 0 aliphatic heterocycles. The van der Waals surface area contributed by atoms with E-state index in [1.165, 1.54) is 0 Å². The van der Waals surface area contributed by atoms with Crippen molar-refractivity contribution < 1.29 is 9.90 Å². The quantitative estimate of drug-likeness (QED) is 0.526. The van der Waals surface area contributed by atoms with Crippen LogP contribution in [0.3, 0.4) is 0 Å². The Balaban J connectivity index is 0. The molecule has 0 saturated heterocycles. The topological polar surface area (TPSA) is 49.3 Å². The predicted molar refractivity (Wildman–Crippen MR) is 64.6 cm³/mol. The highest BCUT2D eigenvalue weighted by Gasteiger charge is 2.16. The number of aliphatic hydroxyl groups is 1. The van der Waals surface area contributed by atoms with Gasteiger partial charge in [-0.1, -0.05) is 39.8 Å². The molecule has 0 aliphatic carbocycles. The fraction of sp³-hybridized carbons (Fsp3) is 0.750. The van der Waals surface area contributed by atoms with Gasteiger partial charge in [-0.3, -0.25) is 4.79 Å². The van der Waals surface area contributed by atoms with Gasteiger partial charge in [-0.05, 0) is 19.3 Å². The van der Waals surface area contributed by atoms with Gasteiger partial charge in [-0.25, -0.2) is 0 Å². The molecule has 2 N–H and O–H groups in total. The average molecular weight is 215 g/mol. The van der Waals surface area contributed by atoms with Crippen LogP contribution in [-0.4, -0.2) is 23.7 Å². The molecule has 0 aromatic heterocycles. The van der Waals surface area contributed by atoms with E-state index in [0.29, 0.717) is 12.3 Å². The molecule has 90 valence electrons. The first kappa shape index (κ1) is 16.6. The van der Waals surface area contributed by atoms with Crippen LogP contribution in [0.25, 0.3) is 0 Å². The lowest BCUT2D eigenvalue weighted by molar-refractivity contribution is -0.110. The van der Waals surface area contributed by atoms with E-state index >= 15 is 0 Å². The molecular formula is C12H25NO2. The first-order valence-corrected chi connectivity index (χ1v) is 5.62. The van der Waals surface area contributed by atoms with Crippen LogP contribution >= 0.6 is 0 Å². The first-order valence-electron chi connectivity index (χ1n) is 5.62. The van der Waals surface area contributed by atoms with Crippen LogP contribution in [-0.2, 0) is 4.79 Å². The third kappa shape index (κ3) is 9.47. The van der Waals surface area contributed by atoms with E-state index in [4.69, 9.17) is 0 Å². The second-order valence-corrected chi connectivity index (χ2v) is 3.54. The van der Waals surface area contributed by atoms with Crippen molar-refractivity contribution in [3.8, 4) is 0 Å². The van der Waals surface area contributed by atoms with Crippen molar-refractivity contribution in [2.24, 2.45) is 5.92 Å². The monoisotopic (exact) mass is 215 g/mol. The van der Waals surface area contributed by atoms with E-state index in [2.05, 4.69) is 19.2 Å². The van der Waals surface area contributed by atoms with Crippen molar-refractivity contribution in [2.75, 3.05) is 0 Å². The summed E-state index contributed by atoms with van der Waals surface area (Å²) in [4.78, 5) is 10.3. The third-order valence-corrected chi connectivity index (χ3v) is 1.81. The third-order valence-electron chi connectivity index (χ3n) is 1.81. The molecule has 0 aromatic rings. The zero-order chi connectivity index (χ0) is 12.3. The Morgan fingerprint density at radius 3 is 2.20 bits per heavy atom. The highest BCUT2D eigenvalue weighted by molar-refractivity contribution is 5.47. The molecule has 0 spiro atoms. The van der Waals surface area contributed by atoms with Gasteiger partial charge in [0.05, 0.1) is 12.1 Å². The number of amides is 1. The Morgan fingerprint density at radius 1 is 1.33 bits per heavy atom. The molecule has 0 aromatic carbocycles. The minimum atomic E-state index is -0.586. The molecule has 0 radical (unpaired) electrons. The number of hydrogen-bond donors (Lipinski definition) is 2. The Hall–Kier alpha value is -0.830. The lowest BCUT2D eigenvalue weighted by Crippen LogP contribution is -2.39. The van der Waals surface area contributed by atoms with Gasteiger partial charge in [-0.2, -0.15) is 0 Å². The summed E-state index contributed by atoms with van der Waals surface area (Å²) in [6, 6.07) is -0.173. The molecule has 0 saturated carbocycles. The number of carbonyl (C=O) groups is 1. The average Bonchev–Trinajstić information content (AvgIpc) is 2.20. The number of aliphatic hydroxyl groups excluding tert-OH is 1. The lowest BCUT2D eigenvalue weighted by atomic mass is 9.99. The van der Waals surface area contributed by atoms with E-state index in [-0.39, 0.29) is 6.04 Å². The van der Waals surface area contributed by atoms with Crippen LogP contribution < -0.4 is 5.32 Å².